The predicted octanol–water partition coefficient (Wildman–Crippen LogP) is 0.809. The first-order valence-electron chi connectivity index (χ1n) is 8.88. The fraction of sp³-hybridized carbons (Fsp3) is 0.368. The van der Waals surface area contributed by atoms with Gasteiger partial charge in [0.05, 0.1) is 5.54 Å². The molecule has 1 saturated heterocycles. The van der Waals surface area contributed by atoms with Gasteiger partial charge in [-0.25, -0.2) is 8.42 Å². The Hall–Kier alpha value is -2.29. The molecule has 1 aromatic heterocycles. The number of hydrogen-bond donors (Lipinski definition) is 2. The SMILES string of the molecule is O=C1N[C@]2(CCc3ccccc31)CN(S(=O)(=O)c1cccnc1)C[C@H]2CO. The molecule has 1 fully saturated rings. The molecule has 0 bridgehead atoms. The normalized spacial score (nSPS) is 25.8. The van der Waals surface area contributed by atoms with Crippen molar-refractivity contribution in [1.82, 2.24) is 14.6 Å². The standard InChI is InChI=1S/C19H21N3O4S/c23-12-15-11-22(27(25,26)16-5-3-9-20-10-16)13-19(15)8-7-14-4-1-2-6-17(14)18(24)21-19/h1-6,9-10,15,23H,7-8,11-13H2,(H,21,24)/t15-,19+/m0/s1. The summed E-state index contributed by atoms with van der Waals surface area (Å²) in [5, 5.41) is 13.0. The molecule has 0 saturated carbocycles. The Balaban J connectivity index is 1.67. The van der Waals surface area contributed by atoms with E-state index >= 15 is 0 Å². The van der Waals surface area contributed by atoms with E-state index in [1.54, 1.807) is 12.1 Å². The summed E-state index contributed by atoms with van der Waals surface area (Å²) < 4.78 is 27.3. The van der Waals surface area contributed by atoms with E-state index in [1.807, 2.05) is 18.2 Å². The Labute approximate surface area is 158 Å². The van der Waals surface area contributed by atoms with Gasteiger partial charge in [0.2, 0.25) is 10.0 Å². The van der Waals surface area contributed by atoms with Crippen LogP contribution in [-0.4, -0.2) is 54.0 Å². The number of pyridine rings is 1. The van der Waals surface area contributed by atoms with Crippen LogP contribution in [0.1, 0.15) is 22.3 Å². The van der Waals surface area contributed by atoms with Crippen LogP contribution in [0.15, 0.2) is 53.7 Å². The van der Waals surface area contributed by atoms with Crippen molar-refractivity contribution in [3.8, 4) is 0 Å². The van der Waals surface area contributed by atoms with Crippen LogP contribution in [0.3, 0.4) is 0 Å². The number of carbonyl (C=O) groups excluding carboxylic acids is 1. The second-order valence-electron chi connectivity index (χ2n) is 7.13. The third kappa shape index (κ3) is 3.03. The van der Waals surface area contributed by atoms with Gasteiger partial charge in [-0.1, -0.05) is 18.2 Å². The van der Waals surface area contributed by atoms with E-state index in [0.29, 0.717) is 18.4 Å². The Morgan fingerprint density at radius 3 is 2.81 bits per heavy atom. The average molecular weight is 387 g/mol. The Bertz CT molecular complexity index is 964. The number of amides is 1. The van der Waals surface area contributed by atoms with Crippen LogP contribution in [0.4, 0.5) is 0 Å². The topological polar surface area (TPSA) is 99.6 Å². The average Bonchev–Trinajstić information content (AvgIpc) is 2.99. The summed E-state index contributed by atoms with van der Waals surface area (Å²) >= 11 is 0. The number of nitrogens with one attached hydrogen (secondary N) is 1. The van der Waals surface area contributed by atoms with Gasteiger partial charge in [-0.2, -0.15) is 4.31 Å². The molecule has 1 amide bonds. The molecule has 2 aliphatic heterocycles. The maximum Gasteiger partial charge on any atom is 0.252 e. The van der Waals surface area contributed by atoms with Crippen molar-refractivity contribution in [2.24, 2.45) is 5.92 Å². The van der Waals surface area contributed by atoms with Gasteiger partial charge in [-0.3, -0.25) is 9.78 Å². The van der Waals surface area contributed by atoms with E-state index in [2.05, 4.69) is 10.3 Å². The minimum Gasteiger partial charge on any atom is -0.396 e. The zero-order valence-electron chi connectivity index (χ0n) is 14.7. The number of nitrogens with zero attached hydrogens (tertiary/aromatic N) is 2. The highest BCUT2D eigenvalue weighted by molar-refractivity contribution is 7.89. The molecular weight excluding hydrogens is 366 g/mol. The summed E-state index contributed by atoms with van der Waals surface area (Å²) in [6, 6.07) is 10.5. The van der Waals surface area contributed by atoms with Crippen LogP contribution in [-0.2, 0) is 16.4 Å². The molecule has 1 spiro atoms. The molecule has 0 unspecified atom stereocenters. The first-order valence-corrected chi connectivity index (χ1v) is 10.3. The lowest BCUT2D eigenvalue weighted by Gasteiger charge is -2.33. The van der Waals surface area contributed by atoms with Crippen LogP contribution in [0.5, 0.6) is 0 Å². The van der Waals surface area contributed by atoms with Crippen LogP contribution in [0.25, 0.3) is 0 Å². The molecule has 0 radical (unpaired) electrons. The van der Waals surface area contributed by atoms with Gasteiger partial charge in [0, 0.05) is 43.6 Å². The largest absolute Gasteiger partial charge is 0.396 e. The number of aryl methyl sites for hydroxylation is 1. The van der Waals surface area contributed by atoms with E-state index in [9.17, 15) is 18.3 Å². The number of benzene rings is 1. The van der Waals surface area contributed by atoms with Crippen molar-refractivity contribution >= 4 is 15.9 Å². The quantitative estimate of drug-likeness (QED) is 0.812. The van der Waals surface area contributed by atoms with Crippen LogP contribution < -0.4 is 5.32 Å². The van der Waals surface area contributed by atoms with Crippen molar-refractivity contribution in [2.75, 3.05) is 19.7 Å². The molecular formula is C19H21N3O4S. The van der Waals surface area contributed by atoms with E-state index in [1.165, 1.54) is 22.8 Å². The van der Waals surface area contributed by atoms with Gasteiger partial charge in [0.15, 0.2) is 0 Å². The Kier molecular flexibility index (Phi) is 4.49. The van der Waals surface area contributed by atoms with Crippen molar-refractivity contribution in [2.45, 2.75) is 23.3 Å². The molecule has 27 heavy (non-hydrogen) atoms. The highest BCUT2D eigenvalue weighted by Gasteiger charge is 2.51. The van der Waals surface area contributed by atoms with Gasteiger partial charge < -0.3 is 10.4 Å². The first kappa shape index (κ1) is 18.1. The molecule has 3 heterocycles. The minimum absolute atomic E-state index is 0.113. The van der Waals surface area contributed by atoms with Gasteiger partial charge in [0.1, 0.15) is 4.90 Å². The third-order valence-corrected chi connectivity index (χ3v) is 7.42. The highest BCUT2D eigenvalue weighted by atomic mass is 32.2. The third-order valence-electron chi connectivity index (χ3n) is 5.62. The maximum atomic E-state index is 13.0. The smallest absolute Gasteiger partial charge is 0.252 e. The van der Waals surface area contributed by atoms with Crippen molar-refractivity contribution in [1.29, 1.82) is 0 Å². The second-order valence-corrected chi connectivity index (χ2v) is 9.07. The van der Waals surface area contributed by atoms with Gasteiger partial charge in [-0.15, -0.1) is 0 Å². The molecule has 7 nitrogen and oxygen atoms in total. The molecule has 2 atom stereocenters. The van der Waals surface area contributed by atoms with Crippen molar-refractivity contribution in [3.63, 3.8) is 0 Å². The summed E-state index contributed by atoms with van der Waals surface area (Å²) in [6.45, 7) is 0.0925. The van der Waals surface area contributed by atoms with E-state index in [-0.39, 0.29) is 36.4 Å². The summed E-state index contributed by atoms with van der Waals surface area (Å²) in [4.78, 5) is 16.8. The number of hydrogen-bond acceptors (Lipinski definition) is 5. The molecule has 1 aromatic carbocycles. The van der Waals surface area contributed by atoms with E-state index in [0.717, 1.165) is 5.56 Å². The van der Waals surface area contributed by atoms with Gasteiger partial charge in [-0.05, 0) is 36.6 Å². The number of sulfonamides is 1. The van der Waals surface area contributed by atoms with Crippen molar-refractivity contribution in [3.05, 3.63) is 59.9 Å². The lowest BCUT2D eigenvalue weighted by atomic mass is 9.83. The molecule has 0 aliphatic carbocycles. The molecule has 2 N–H and O–H groups in total. The second kappa shape index (κ2) is 6.70. The van der Waals surface area contributed by atoms with Gasteiger partial charge >= 0.3 is 0 Å². The summed E-state index contributed by atoms with van der Waals surface area (Å²) in [6.07, 6.45) is 4.05. The van der Waals surface area contributed by atoms with Crippen molar-refractivity contribution < 1.29 is 18.3 Å². The number of carbonyl (C=O) groups is 1. The molecule has 142 valence electrons. The number of aliphatic hydroxyl groups excluding tert-OH is 1. The summed E-state index contributed by atoms with van der Waals surface area (Å²) in [5.41, 5.74) is 0.761. The zero-order chi connectivity index (χ0) is 19.1. The Morgan fingerprint density at radius 1 is 1.26 bits per heavy atom. The van der Waals surface area contributed by atoms with E-state index in [4.69, 9.17) is 0 Å². The number of aromatic nitrogens is 1. The monoisotopic (exact) mass is 387 g/mol. The zero-order valence-corrected chi connectivity index (χ0v) is 15.5. The van der Waals surface area contributed by atoms with Crippen LogP contribution >= 0.6 is 0 Å². The molecule has 2 aromatic rings. The predicted molar refractivity (Wildman–Crippen MR) is 98.5 cm³/mol. The van der Waals surface area contributed by atoms with E-state index < -0.39 is 15.6 Å². The Morgan fingerprint density at radius 2 is 2.07 bits per heavy atom. The fourth-order valence-corrected chi connectivity index (χ4v) is 5.61. The minimum atomic E-state index is -3.75. The van der Waals surface area contributed by atoms with Crippen LogP contribution in [0, 0.1) is 5.92 Å². The number of rotatable bonds is 3. The number of fused-ring (bicyclic) bond motifs is 1. The lowest BCUT2D eigenvalue weighted by molar-refractivity contribution is 0.0848. The lowest BCUT2D eigenvalue weighted by Crippen LogP contribution is -2.54. The van der Waals surface area contributed by atoms with Gasteiger partial charge in [0.25, 0.3) is 5.91 Å². The molecule has 2 aliphatic rings. The maximum absolute atomic E-state index is 13.0. The summed E-state index contributed by atoms with van der Waals surface area (Å²) in [5.74, 6) is -0.593. The number of aliphatic hydroxyl groups is 1. The molecule has 8 heteroatoms. The van der Waals surface area contributed by atoms with Crippen LogP contribution in [0.2, 0.25) is 0 Å². The molecule has 4 rings (SSSR count). The summed E-state index contributed by atoms with van der Waals surface area (Å²) in [7, 11) is -3.75. The highest BCUT2D eigenvalue weighted by Crippen LogP contribution is 2.37. The first-order chi connectivity index (χ1) is 13.0. The fourth-order valence-electron chi connectivity index (χ4n) is 4.09.